The lowest BCUT2D eigenvalue weighted by Crippen LogP contribution is -2.04. The van der Waals surface area contributed by atoms with E-state index in [2.05, 4.69) is 32.7 Å². The monoisotopic (exact) mass is 396 g/mol. The van der Waals surface area contributed by atoms with E-state index in [4.69, 9.17) is 16.0 Å². The molecule has 0 spiro atoms. The van der Waals surface area contributed by atoms with Crippen molar-refractivity contribution in [2.45, 2.75) is 23.9 Å². The Bertz CT molecular complexity index is 1000. The first-order valence-corrected chi connectivity index (χ1v) is 9.74. The van der Waals surface area contributed by atoms with Crippen LogP contribution in [0.3, 0.4) is 0 Å². The minimum atomic E-state index is 0.191. The van der Waals surface area contributed by atoms with Gasteiger partial charge in [0.25, 0.3) is 0 Å². The fourth-order valence-electron chi connectivity index (χ4n) is 2.73. The molecule has 136 valence electrons. The minimum Gasteiger partial charge on any atom is -0.467 e. The number of thioether (sulfide) groups is 1. The molecule has 0 amide bonds. The highest BCUT2D eigenvalue weighted by Crippen LogP contribution is 2.35. The van der Waals surface area contributed by atoms with Crippen LogP contribution in [0.1, 0.15) is 23.5 Å². The number of rotatable bonds is 6. The van der Waals surface area contributed by atoms with Crippen LogP contribution >= 0.6 is 23.4 Å². The Morgan fingerprint density at radius 3 is 2.67 bits per heavy atom. The van der Waals surface area contributed by atoms with Gasteiger partial charge in [0.05, 0.1) is 12.8 Å². The van der Waals surface area contributed by atoms with Crippen molar-refractivity contribution in [2.24, 2.45) is 0 Å². The molecule has 0 saturated heterocycles. The van der Waals surface area contributed by atoms with Gasteiger partial charge in [-0.1, -0.05) is 29.4 Å². The third-order valence-corrected chi connectivity index (χ3v) is 5.54. The van der Waals surface area contributed by atoms with Gasteiger partial charge in [-0.15, -0.1) is 10.2 Å². The zero-order valence-electron chi connectivity index (χ0n) is 14.6. The SMILES string of the molecule is CC(Sc1nnc(-c2ccc(Cl)cc2)n1Cc1ccco1)c1cccnc1. The highest BCUT2D eigenvalue weighted by atomic mass is 35.5. The van der Waals surface area contributed by atoms with Gasteiger partial charge in [0.2, 0.25) is 0 Å². The van der Waals surface area contributed by atoms with Crippen molar-refractivity contribution in [1.29, 1.82) is 0 Å². The second-order valence-electron chi connectivity index (χ2n) is 6.03. The number of nitrogens with zero attached hydrogens (tertiary/aromatic N) is 4. The van der Waals surface area contributed by atoms with Crippen molar-refractivity contribution in [2.75, 3.05) is 0 Å². The molecule has 1 aromatic carbocycles. The van der Waals surface area contributed by atoms with Crippen molar-refractivity contribution in [3.8, 4) is 11.4 Å². The van der Waals surface area contributed by atoms with Crippen LogP contribution in [0, 0.1) is 0 Å². The van der Waals surface area contributed by atoms with Gasteiger partial charge < -0.3 is 4.42 Å². The number of hydrogen-bond donors (Lipinski definition) is 0. The van der Waals surface area contributed by atoms with Crippen molar-refractivity contribution in [3.05, 3.63) is 83.5 Å². The molecule has 0 saturated carbocycles. The highest BCUT2D eigenvalue weighted by molar-refractivity contribution is 7.99. The molecule has 1 atom stereocenters. The Kier molecular flexibility index (Phi) is 5.27. The Morgan fingerprint density at radius 1 is 1.11 bits per heavy atom. The van der Waals surface area contributed by atoms with E-state index < -0.39 is 0 Å². The van der Waals surface area contributed by atoms with Gasteiger partial charge in [-0.25, -0.2) is 0 Å². The number of pyridine rings is 1. The van der Waals surface area contributed by atoms with Crippen LogP contribution in [-0.4, -0.2) is 19.7 Å². The lowest BCUT2D eigenvalue weighted by Gasteiger charge is -2.13. The van der Waals surface area contributed by atoms with Gasteiger partial charge in [-0.2, -0.15) is 0 Å². The largest absolute Gasteiger partial charge is 0.467 e. The smallest absolute Gasteiger partial charge is 0.192 e. The molecule has 3 aromatic heterocycles. The summed E-state index contributed by atoms with van der Waals surface area (Å²) in [7, 11) is 0. The predicted octanol–water partition coefficient (Wildman–Crippen LogP) is 5.49. The molecule has 4 aromatic rings. The summed E-state index contributed by atoms with van der Waals surface area (Å²) in [5.74, 6) is 1.63. The minimum absolute atomic E-state index is 0.191. The molecular formula is C20H17ClN4OS. The maximum absolute atomic E-state index is 6.03. The van der Waals surface area contributed by atoms with Crippen LogP contribution in [0.25, 0.3) is 11.4 Å². The van der Waals surface area contributed by atoms with Crippen LogP contribution in [0.2, 0.25) is 5.02 Å². The average Bonchev–Trinajstić information content (AvgIpc) is 3.34. The van der Waals surface area contributed by atoms with Crippen LogP contribution in [0.5, 0.6) is 0 Å². The third-order valence-electron chi connectivity index (χ3n) is 4.15. The highest BCUT2D eigenvalue weighted by Gasteiger charge is 2.19. The first kappa shape index (κ1) is 17.8. The molecule has 0 aliphatic carbocycles. The maximum Gasteiger partial charge on any atom is 0.192 e. The summed E-state index contributed by atoms with van der Waals surface area (Å²) < 4.78 is 7.61. The normalized spacial score (nSPS) is 12.2. The second-order valence-corrected chi connectivity index (χ2v) is 7.77. The maximum atomic E-state index is 6.03. The Morgan fingerprint density at radius 2 is 1.96 bits per heavy atom. The quantitative estimate of drug-likeness (QED) is 0.403. The van der Waals surface area contributed by atoms with Gasteiger partial charge in [0, 0.05) is 28.2 Å². The molecule has 27 heavy (non-hydrogen) atoms. The van der Waals surface area contributed by atoms with Crippen molar-refractivity contribution in [1.82, 2.24) is 19.7 Å². The van der Waals surface area contributed by atoms with E-state index in [9.17, 15) is 0 Å². The molecule has 0 bridgehead atoms. The Labute approximate surface area is 166 Å². The number of halogens is 1. The fraction of sp³-hybridized carbons (Fsp3) is 0.150. The van der Waals surface area contributed by atoms with Crippen molar-refractivity contribution >= 4 is 23.4 Å². The summed E-state index contributed by atoms with van der Waals surface area (Å²) in [5.41, 5.74) is 2.10. The first-order chi connectivity index (χ1) is 13.2. The molecule has 0 aliphatic rings. The summed E-state index contributed by atoms with van der Waals surface area (Å²) in [4.78, 5) is 4.21. The Balaban J connectivity index is 1.69. The van der Waals surface area contributed by atoms with Crippen LogP contribution < -0.4 is 0 Å². The number of aromatic nitrogens is 4. The molecular weight excluding hydrogens is 380 g/mol. The standard InChI is InChI=1S/C20H17ClN4OS/c1-14(16-4-2-10-22-12-16)27-20-24-23-19(15-6-8-17(21)9-7-15)25(20)13-18-5-3-11-26-18/h2-12,14H,13H2,1H3. The molecule has 0 radical (unpaired) electrons. The van der Waals surface area contributed by atoms with E-state index in [0.717, 1.165) is 27.9 Å². The van der Waals surface area contributed by atoms with E-state index >= 15 is 0 Å². The zero-order chi connectivity index (χ0) is 18.6. The second kappa shape index (κ2) is 7.98. The predicted molar refractivity (Wildman–Crippen MR) is 107 cm³/mol. The molecule has 1 unspecified atom stereocenters. The molecule has 0 N–H and O–H groups in total. The van der Waals surface area contributed by atoms with Crippen LogP contribution in [0.15, 0.2) is 76.8 Å². The zero-order valence-corrected chi connectivity index (χ0v) is 16.2. The third kappa shape index (κ3) is 4.07. The average molecular weight is 397 g/mol. The molecule has 3 heterocycles. The van der Waals surface area contributed by atoms with Crippen LogP contribution in [0.4, 0.5) is 0 Å². The summed E-state index contributed by atoms with van der Waals surface area (Å²) in [6.07, 6.45) is 5.33. The van der Waals surface area contributed by atoms with E-state index in [-0.39, 0.29) is 5.25 Å². The van der Waals surface area contributed by atoms with Crippen LogP contribution in [-0.2, 0) is 6.54 Å². The first-order valence-electron chi connectivity index (χ1n) is 8.49. The summed E-state index contributed by atoms with van der Waals surface area (Å²) in [6, 6.07) is 15.4. The molecule has 0 aliphatic heterocycles. The van der Waals surface area contributed by atoms with Gasteiger partial charge >= 0.3 is 0 Å². The van der Waals surface area contributed by atoms with E-state index in [0.29, 0.717) is 11.6 Å². The van der Waals surface area contributed by atoms with E-state index in [1.165, 1.54) is 0 Å². The molecule has 0 fully saturated rings. The van der Waals surface area contributed by atoms with E-state index in [1.807, 2.05) is 48.7 Å². The van der Waals surface area contributed by atoms with E-state index in [1.54, 1.807) is 24.2 Å². The number of benzene rings is 1. The lowest BCUT2D eigenvalue weighted by molar-refractivity contribution is 0.485. The molecule has 4 rings (SSSR count). The van der Waals surface area contributed by atoms with Gasteiger partial charge in [0.15, 0.2) is 11.0 Å². The molecule has 7 heteroatoms. The van der Waals surface area contributed by atoms with Gasteiger partial charge in [-0.05, 0) is 55.0 Å². The Hall–Kier alpha value is -2.57. The number of furan rings is 1. The number of hydrogen-bond acceptors (Lipinski definition) is 5. The topological polar surface area (TPSA) is 56.7 Å². The lowest BCUT2D eigenvalue weighted by atomic mass is 10.2. The summed E-state index contributed by atoms with van der Waals surface area (Å²) in [6.45, 7) is 2.69. The van der Waals surface area contributed by atoms with Gasteiger partial charge in [-0.3, -0.25) is 9.55 Å². The summed E-state index contributed by atoms with van der Waals surface area (Å²) in [5, 5.41) is 10.6. The van der Waals surface area contributed by atoms with Crippen molar-refractivity contribution < 1.29 is 4.42 Å². The summed E-state index contributed by atoms with van der Waals surface area (Å²) >= 11 is 7.67. The fourth-order valence-corrected chi connectivity index (χ4v) is 3.82. The van der Waals surface area contributed by atoms with Gasteiger partial charge in [0.1, 0.15) is 5.76 Å². The molecule has 5 nitrogen and oxygen atoms in total. The van der Waals surface area contributed by atoms with Crippen molar-refractivity contribution in [3.63, 3.8) is 0 Å².